The van der Waals surface area contributed by atoms with Crippen LogP contribution >= 0.6 is 0 Å². The molecular weight excluding hydrogens is 338 g/mol. The van der Waals surface area contributed by atoms with E-state index >= 15 is 0 Å². The van der Waals surface area contributed by atoms with E-state index in [2.05, 4.69) is 10.2 Å². The summed E-state index contributed by atoms with van der Waals surface area (Å²) in [5.74, 6) is 1.57. The van der Waals surface area contributed by atoms with Crippen LogP contribution in [0.2, 0.25) is 0 Å². The summed E-state index contributed by atoms with van der Waals surface area (Å²) in [6, 6.07) is 7.64. The van der Waals surface area contributed by atoms with Crippen molar-refractivity contribution in [2.75, 3.05) is 38.0 Å². The average molecular weight is 374 g/mol. The summed E-state index contributed by atoms with van der Waals surface area (Å²) in [6.45, 7) is 9.47. The summed E-state index contributed by atoms with van der Waals surface area (Å²) in [6.07, 6.45) is 7.86. The maximum atomic E-state index is 12.5. The Hall–Kier alpha value is -1.75. The average Bonchev–Trinajstić information content (AvgIpc) is 2.92. The van der Waals surface area contributed by atoms with Crippen LogP contribution in [-0.2, 0) is 0 Å². The summed E-state index contributed by atoms with van der Waals surface area (Å²) < 4.78 is 5.65. The minimum Gasteiger partial charge on any atom is -0.491 e. The predicted molar refractivity (Wildman–Crippen MR) is 110 cm³/mol. The standard InChI is InChI=1S/C22H35N3O2/c1-18(2)27-21-9-7-20(8-10-21)23-22(26)25-15-11-19(12-16-25)17-24-13-5-3-4-6-14-24/h7-10,18-19H,3-6,11-17H2,1-2H3,(H,23,26). The third kappa shape index (κ3) is 6.42. The number of carbonyl (C=O) groups excluding carboxylic acids is 1. The highest BCUT2D eigenvalue weighted by Gasteiger charge is 2.24. The fourth-order valence-corrected chi connectivity index (χ4v) is 4.09. The number of benzene rings is 1. The van der Waals surface area contributed by atoms with Gasteiger partial charge >= 0.3 is 6.03 Å². The van der Waals surface area contributed by atoms with Gasteiger partial charge in [0.1, 0.15) is 5.75 Å². The van der Waals surface area contributed by atoms with E-state index in [0.29, 0.717) is 0 Å². The number of ether oxygens (including phenoxy) is 1. The SMILES string of the molecule is CC(C)Oc1ccc(NC(=O)N2CCC(CN3CCCCCC3)CC2)cc1. The smallest absolute Gasteiger partial charge is 0.321 e. The number of carbonyl (C=O) groups is 1. The van der Waals surface area contributed by atoms with Crippen LogP contribution in [0.1, 0.15) is 52.4 Å². The zero-order chi connectivity index (χ0) is 19.1. The molecule has 0 spiro atoms. The molecule has 1 N–H and O–H groups in total. The maximum Gasteiger partial charge on any atom is 0.321 e. The van der Waals surface area contributed by atoms with E-state index in [0.717, 1.165) is 43.3 Å². The molecule has 2 amide bonds. The number of anilines is 1. The zero-order valence-electron chi connectivity index (χ0n) is 17.0. The monoisotopic (exact) mass is 373 g/mol. The first-order chi connectivity index (χ1) is 13.1. The molecule has 2 aliphatic heterocycles. The second kappa shape index (κ2) is 9.98. The van der Waals surface area contributed by atoms with Crippen LogP contribution in [0.5, 0.6) is 5.75 Å². The molecule has 0 atom stereocenters. The predicted octanol–water partition coefficient (Wildman–Crippen LogP) is 4.59. The first kappa shape index (κ1) is 20.0. The van der Waals surface area contributed by atoms with Gasteiger partial charge in [0.15, 0.2) is 0 Å². The van der Waals surface area contributed by atoms with Crippen LogP contribution in [0.25, 0.3) is 0 Å². The molecule has 2 heterocycles. The Morgan fingerprint density at radius 2 is 1.67 bits per heavy atom. The number of piperidine rings is 1. The molecule has 150 valence electrons. The van der Waals surface area contributed by atoms with Crippen LogP contribution in [0.15, 0.2) is 24.3 Å². The number of nitrogens with one attached hydrogen (secondary N) is 1. The fourth-order valence-electron chi connectivity index (χ4n) is 4.09. The Labute approximate surface area is 164 Å². The van der Waals surface area contributed by atoms with Gasteiger partial charge in [0.25, 0.3) is 0 Å². The van der Waals surface area contributed by atoms with Crippen molar-refractivity contribution in [1.29, 1.82) is 0 Å². The second-order valence-corrected chi connectivity index (χ2v) is 8.27. The molecule has 0 aromatic heterocycles. The van der Waals surface area contributed by atoms with Gasteiger partial charge in [0.2, 0.25) is 0 Å². The summed E-state index contributed by atoms with van der Waals surface area (Å²) >= 11 is 0. The lowest BCUT2D eigenvalue weighted by Crippen LogP contribution is -2.43. The lowest BCUT2D eigenvalue weighted by molar-refractivity contribution is 0.155. The van der Waals surface area contributed by atoms with Crippen molar-refractivity contribution < 1.29 is 9.53 Å². The van der Waals surface area contributed by atoms with Gasteiger partial charge in [-0.2, -0.15) is 0 Å². The van der Waals surface area contributed by atoms with E-state index in [1.807, 2.05) is 43.0 Å². The number of urea groups is 1. The quantitative estimate of drug-likeness (QED) is 0.821. The van der Waals surface area contributed by atoms with Crippen molar-refractivity contribution in [1.82, 2.24) is 9.80 Å². The van der Waals surface area contributed by atoms with Crippen LogP contribution in [0, 0.1) is 5.92 Å². The molecule has 3 rings (SSSR count). The molecule has 2 saturated heterocycles. The third-order valence-electron chi connectivity index (χ3n) is 5.59. The molecule has 2 aliphatic rings. The molecule has 0 saturated carbocycles. The Bertz CT molecular complexity index is 572. The van der Waals surface area contributed by atoms with Gasteiger partial charge in [-0.3, -0.25) is 0 Å². The Morgan fingerprint density at radius 3 is 2.26 bits per heavy atom. The Balaban J connectivity index is 1.41. The number of amides is 2. The van der Waals surface area contributed by atoms with Gasteiger partial charge in [0.05, 0.1) is 6.10 Å². The number of likely N-dealkylation sites (tertiary alicyclic amines) is 2. The fraction of sp³-hybridized carbons (Fsp3) is 0.682. The molecule has 1 aromatic carbocycles. The molecule has 0 aliphatic carbocycles. The first-order valence-corrected chi connectivity index (χ1v) is 10.6. The van der Waals surface area contributed by atoms with Crippen LogP contribution in [-0.4, -0.2) is 54.7 Å². The molecule has 0 radical (unpaired) electrons. The highest BCUT2D eigenvalue weighted by atomic mass is 16.5. The van der Waals surface area contributed by atoms with E-state index in [1.54, 1.807) is 0 Å². The van der Waals surface area contributed by atoms with Gasteiger partial charge in [-0.05, 0) is 82.8 Å². The van der Waals surface area contributed by atoms with Crippen molar-refractivity contribution in [3.05, 3.63) is 24.3 Å². The van der Waals surface area contributed by atoms with Crippen molar-refractivity contribution >= 4 is 11.7 Å². The van der Waals surface area contributed by atoms with Gasteiger partial charge in [-0.25, -0.2) is 4.79 Å². The number of hydrogen-bond donors (Lipinski definition) is 1. The van der Waals surface area contributed by atoms with E-state index in [4.69, 9.17) is 4.74 Å². The molecule has 5 heteroatoms. The highest BCUT2D eigenvalue weighted by molar-refractivity contribution is 5.89. The van der Waals surface area contributed by atoms with Gasteiger partial charge < -0.3 is 19.9 Å². The first-order valence-electron chi connectivity index (χ1n) is 10.6. The van der Waals surface area contributed by atoms with E-state index < -0.39 is 0 Å². The second-order valence-electron chi connectivity index (χ2n) is 8.27. The molecule has 0 bridgehead atoms. The topological polar surface area (TPSA) is 44.8 Å². The van der Waals surface area contributed by atoms with Crippen molar-refractivity contribution in [2.45, 2.75) is 58.5 Å². The molecule has 0 unspecified atom stereocenters. The molecule has 5 nitrogen and oxygen atoms in total. The van der Waals surface area contributed by atoms with Gasteiger partial charge in [-0.15, -0.1) is 0 Å². The van der Waals surface area contributed by atoms with Crippen LogP contribution in [0.4, 0.5) is 10.5 Å². The lowest BCUT2D eigenvalue weighted by atomic mass is 9.96. The third-order valence-corrected chi connectivity index (χ3v) is 5.59. The van der Waals surface area contributed by atoms with Crippen molar-refractivity contribution in [3.63, 3.8) is 0 Å². The van der Waals surface area contributed by atoms with Crippen molar-refractivity contribution in [3.8, 4) is 5.75 Å². The van der Waals surface area contributed by atoms with E-state index in [9.17, 15) is 4.79 Å². The molecule has 2 fully saturated rings. The summed E-state index contributed by atoms with van der Waals surface area (Å²) in [7, 11) is 0. The van der Waals surface area contributed by atoms with E-state index in [1.165, 1.54) is 45.3 Å². The largest absolute Gasteiger partial charge is 0.491 e. The lowest BCUT2D eigenvalue weighted by Gasteiger charge is -2.34. The summed E-state index contributed by atoms with van der Waals surface area (Å²) in [5.41, 5.74) is 0.822. The van der Waals surface area contributed by atoms with Gasteiger partial charge in [0, 0.05) is 25.3 Å². The van der Waals surface area contributed by atoms with Crippen molar-refractivity contribution in [2.24, 2.45) is 5.92 Å². The van der Waals surface area contributed by atoms with Gasteiger partial charge in [-0.1, -0.05) is 12.8 Å². The van der Waals surface area contributed by atoms with Crippen LogP contribution < -0.4 is 10.1 Å². The highest BCUT2D eigenvalue weighted by Crippen LogP contribution is 2.22. The minimum atomic E-state index is 0.0146. The molecule has 27 heavy (non-hydrogen) atoms. The Kier molecular flexibility index (Phi) is 7.39. The van der Waals surface area contributed by atoms with E-state index in [-0.39, 0.29) is 12.1 Å². The number of nitrogens with zero attached hydrogens (tertiary/aromatic N) is 2. The summed E-state index contributed by atoms with van der Waals surface area (Å²) in [4.78, 5) is 17.1. The zero-order valence-corrected chi connectivity index (χ0v) is 17.0. The Morgan fingerprint density at radius 1 is 1.04 bits per heavy atom. The normalized spacial score (nSPS) is 19.7. The molecular formula is C22H35N3O2. The van der Waals surface area contributed by atoms with Crippen LogP contribution in [0.3, 0.4) is 0 Å². The molecule has 1 aromatic rings. The minimum absolute atomic E-state index is 0.0146. The number of rotatable bonds is 5. The number of hydrogen-bond acceptors (Lipinski definition) is 3. The summed E-state index contributed by atoms with van der Waals surface area (Å²) in [5, 5.41) is 3.02. The maximum absolute atomic E-state index is 12.5.